The standard InChI is InChI=1S/C25H23BrN2O6S/c1-5-34-24(31)21-13(2)27-25-28(22(21)14-6-8-16(32-3)9-7-14)23(30)20(35-25)11-15-10-19(33-4)18(29)12-17(15)26/h6-12,22,29H,5H2,1-4H3/b20-11+/t22-/m1/s1. The van der Waals surface area contributed by atoms with E-state index in [9.17, 15) is 14.7 Å². The molecule has 0 unspecified atom stereocenters. The number of aromatic nitrogens is 1. The monoisotopic (exact) mass is 558 g/mol. The van der Waals surface area contributed by atoms with Crippen molar-refractivity contribution in [3.05, 3.63) is 83.0 Å². The van der Waals surface area contributed by atoms with E-state index in [2.05, 4.69) is 20.9 Å². The van der Waals surface area contributed by atoms with Crippen LogP contribution in [-0.4, -0.2) is 36.5 Å². The molecule has 0 fully saturated rings. The van der Waals surface area contributed by atoms with Crippen LogP contribution in [-0.2, 0) is 9.53 Å². The first-order valence-electron chi connectivity index (χ1n) is 10.7. The third-order valence-corrected chi connectivity index (χ3v) is 7.20. The molecule has 0 aliphatic carbocycles. The fourth-order valence-electron chi connectivity index (χ4n) is 3.87. The number of rotatable bonds is 6. The zero-order valence-corrected chi connectivity index (χ0v) is 21.9. The van der Waals surface area contributed by atoms with Gasteiger partial charge < -0.3 is 19.3 Å². The minimum Gasteiger partial charge on any atom is -0.504 e. The third-order valence-electron chi connectivity index (χ3n) is 5.53. The van der Waals surface area contributed by atoms with Gasteiger partial charge in [0.25, 0.3) is 5.56 Å². The Morgan fingerprint density at radius 3 is 2.57 bits per heavy atom. The van der Waals surface area contributed by atoms with Crippen LogP contribution in [0.2, 0.25) is 0 Å². The predicted molar refractivity (Wildman–Crippen MR) is 136 cm³/mol. The zero-order valence-electron chi connectivity index (χ0n) is 19.5. The molecule has 0 saturated heterocycles. The Balaban J connectivity index is 1.95. The minimum absolute atomic E-state index is 0.0211. The molecular weight excluding hydrogens is 536 g/mol. The first-order chi connectivity index (χ1) is 16.8. The van der Waals surface area contributed by atoms with E-state index in [4.69, 9.17) is 14.2 Å². The van der Waals surface area contributed by atoms with Crippen LogP contribution < -0.4 is 24.4 Å². The summed E-state index contributed by atoms with van der Waals surface area (Å²) in [5.41, 5.74) is 1.87. The van der Waals surface area contributed by atoms with Crippen LogP contribution in [0.5, 0.6) is 17.2 Å². The number of nitrogens with zero attached hydrogens (tertiary/aromatic N) is 2. The summed E-state index contributed by atoms with van der Waals surface area (Å²) in [5, 5.41) is 10.0. The molecule has 0 radical (unpaired) electrons. The molecule has 4 rings (SSSR count). The van der Waals surface area contributed by atoms with Gasteiger partial charge in [-0.3, -0.25) is 9.36 Å². The van der Waals surface area contributed by atoms with Gasteiger partial charge in [0.2, 0.25) is 0 Å². The van der Waals surface area contributed by atoms with Crippen LogP contribution in [0.25, 0.3) is 6.08 Å². The molecule has 1 aliphatic rings. The van der Waals surface area contributed by atoms with Crippen LogP contribution in [0.3, 0.4) is 0 Å². The molecule has 35 heavy (non-hydrogen) atoms. The smallest absolute Gasteiger partial charge is 0.338 e. The fraction of sp³-hybridized carbons (Fsp3) is 0.240. The highest BCUT2D eigenvalue weighted by Crippen LogP contribution is 2.33. The van der Waals surface area contributed by atoms with Crippen molar-refractivity contribution in [3.63, 3.8) is 0 Å². The predicted octanol–water partition coefficient (Wildman–Crippen LogP) is 3.28. The Bertz CT molecular complexity index is 1500. The average molecular weight is 559 g/mol. The quantitative estimate of drug-likeness (QED) is 0.466. The van der Waals surface area contributed by atoms with E-state index in [1.165, 1.54) is 29.1 Å². The van der Waals surface area contributed by atoms with Gasteiger partial charge in [0.05, 0.1) is 42.7 Å². The van der Waals surface area contributed by atoms with E-state index < -0.39 is 12.0 Å². The lowest BCUT2D eigenvalue weighted by atomic mass is 9.96. The molecule has 8 nitrogen and oxygen atoms in total. The second kappa shape index (κ2) is 10.1. The van der Waals surface area contributed by atoms with Crippen molar-refractivity contribution in [1.82, 2.24) is 4.57 Å². The number of methoxy groups -OCH3 is 2. The first kappa shape index (κ1) is 24.7. The van der Waals surface area contributed by atoms with E-state index in [0.29, 0.717) is 36.4 Å². The van der Waals surface area contributed by atoms with Crippen molar-refractivity contribution >= 4 is 39.3 Å². The lowest BCUT2D eigenvalue weighted by Crippen LogP contribution is -2.39. The average Bonchev–Trinajstić information content (AvgIpc) is 3.14. The number of phenolic OH excluding ortho intramolecular Hbond substituents is 1. The summed E-state index contributed by atoms with van der Waals surface area (Å²) in [7, 11) is 3.03. The summed E-state index contributed by atoms with van der Waals surface area (Å²) >= 11 is 4.64. The number of aromatic hydroxyl groups is 1. The minimum atomic E-state index is -0.712. The van der Waals surface area contributed by atoms with Gasteiger partial charge in [-0.1, -0.05) is 39.4 Å². The van der Waals surface area contributed by atoms with Crippen LogP contribution in [0.15, 0.2) is 61.9 Å². The van der Waals surface area contributed by atoms with E-state index in [-0.39, 0.29) is 23.7 Å². The largest absolute Gasteiger partial charge is 0.504 e. The highest BCUT2D eigenvalue weighted by atomic mass is 79.9. The zero-order chi connectivity index (χ0) is 25.3. The molecule has 0 saturated carbocycles. The molecule has 10 heteroatoms. The molecular formula is C25H23BrN2O6S. The van der Waals surface area contributed by atoms with Gasteiger partial charge in [0.15, 0.2) is 16.3 Å². The van der Waals surface area contributed by atoms with Crippen molar-refractivity contribution in [2.24, 2.45) is 4.99 Å². The first-order valence-corrected chi connectivity index (χ1v) is 12.3. The summed E-state index contributed by atoms with van der Waals surface area (Å²) < 4.78 is 18.3. The molecule has 0 bridgehead atoms. The number of carbonyl (C=O) groups excluding carboxylic acids is 1. The highest BCUT2D eigenvalue weighted by Gasteiger charge is 2.33. The normalized spacial score (nSPS) is 15.5. The molecule has 182 valence electrons. The number of fused-ring (bicyclic) bond motifs is 1. The second-order valence-corrected chi connectivity index (χ2v) is 9.48. The topological polar surface area (TPSA) is 99.4 Å². The summed E-state index contributed by atoms with van der Waals surface area (Å²) in [4.78, 5) is 31.7. The van der Waals surface area contributed by atoms with E-state index in [0.717, 1.165) is 5.56 Å². The third kappa shape index (κ3) is 4.63. The van der Waals surface area contributed by atoms with Gasteiger partial charge in [-0.25, -0.2) is 9.79 Å². The van der Waals surface area contributed by atoms with Crippen molar-refractivity contribution in [1.29, 1.82) is 0 Å². The summed E-state index contributed by atoms with van der Waals surface area (Å²) in [5.74, 6) is 0.400. The molecule has 3 aromatic rings. The maximum Gasteiger partial charge on any atom is 0.338 e. The van der Waals surface area contributed by atoms with Crippen molar-refractivity contribution in [2.75, 3.05) is 20.8 Å². The summed E-state index contributed by atoms with van der Waals surface area (Å²) in [6, 6.07) is 9.63. The second-order valence-electron chi connectivity index (χ2n) is 7.62. The van der Waals surface area contributed by atoms with Gasteiger partial charge in [0.1, 0.15) is 5.75 Å². The SMILES string of the molecule is CCOC(=O)C1=C(C)N=c2s/c(=C/c3cc(OC)c(O)cc3Br)c(=O)n2[C@@H]1c1ccc(OC)cc1. The van der Waals surface area contributed by atoms with Crippen molar-refractivity contribution in [3.8, 4) is 17.2 Å². The number of carbonyl (C=O) groups is 1. The number of hydrogen-bond acceptors (Lipinski definition) is 8. The molecule has 0 amide bonds. The number of phenols is 1. The van der Waals surface area contributed by atoms with Gasteiger partial charge in [-0.15, -0.1) is 0 Å². The van der Waals surface area contributed by atoms with E-state index in [1.807, 2.05) is 12.1 Å². The van der Waals surface area contributed by atoms with Crippen molar-refractivity contribution in [2.45, 2.75) is 19.9 Å². The van der Waals surface area contributed by atoms with Crippen LogP contribution in [0.4, 0.5) is 0 Å². The van der Waals surface area contributed by atoms with Gasteiger partial charge in [-0.05, 0) is 55.3 Å². The number of thiazole rings is 1. The Morgan fingerprint density at radius 2 is 1.94 bits per heavy atom. The Labute approximate surface area is 213 Å². The van der Waals surface area contributed by atoms with E-state index >= 15 is 0 Å². The number of hydrogen-bond donors (Lipinski definition) is 1. The Morgan fingerprint density at radius 1 is 1.23 bits per heavy atom. The number of halogens is 1. The van der Waals surface area contributed by atoms with Gasteiger partial charge in [0, 0.05) is 4.47 Å². The lowest BCUT2D eigenvalue weighted by Gasteiger charge is -2.24. The lowest BCUT2D eigenvalue weighted by molar-refractivity contribution is -0.139. The number of allylic oxidation sites excluding steroid dienone is 1. The molecule has 0 spiro atoms. The van der Waals surface area contributed by atoms with Gasteiger partial charge >= 0.3 is 5.97 Å². The molecule has 1 atom stereocenters. The Hall–Kier alpha value is -3.37. The van der Waals surface area contributed by atoms with Gasteiger partial charge in [-0.2, -0.15) is 0 Å². The van der Waals surface area contributed by atoms with Crippen LogP contribution in [0.1, 0.15) is 31.0 Å². The summed E-state index contributed by atoms with van der Waals surface area (Å²) in [6.45, 7) is 3.67. The number of esters is 1. The molecule has 2 heterocycles. The maximum absolute atomic E-state index is 13.7. The van der Waals surface area contributed by atoms with Crippen LogP contribution >= 0.6 is 27.3 Å². The Kier molecular flexibility index (Phi) is 7.13. The highest BCUT2D eigenvalue weighted by molar-refractivity contribution is 9.10. The number of benzene rings is 2. The summed E-state index contributed by atoms with van der Waals surface area (Å²) in [6.07, 6.45) is 1.70. The number of ether oxygens (including phenoxy) is 3. The molecule has 1 N–H and O–H groups in total. The molecule has 1 aliphatic heterocycles. The maximum atomic E-state index is 13.7. The molecule has 2 aromatic carbocycles. The van der Waals surface area contributed by atoms with E-state index in [1.54, 1.807) is 45.2 Å². The van der Waals surface area contributed by atoms with Crippen molar-refractivity contribution < 1.29 is 24.1 Å². The van der Waals surface area contributed by atoms with Crippen LogP contribution in [0, 0.1) is 0 Å². The molecule has 1 aromatic heterocycles. The fourth-order valence-corrected chi connectivity index (χ4v) is 5.35.